The van der Waals surface area contributed by atoms with Gasteiger partial charge < -0.3 is 29.9 Å². The number of benzene rings is 3. The number of nitrogen functional groups attached to an aromatic ring is 1. The van der Waals surface area contributed by atoms with Crippen molar-refractivity contribution in [3.63, 3.8) is 0 Å². The average molecular weight is 693 g/mol. The first-order valence-electron chi connectivity index (χ1n) is 15.5. The Kier molecular flexibility index (Phi) is 9.58. The Bertz CT molecular complexity index is 2060. The molecule has 1 aliphatic heterocycles. The molecular formula is C33H37N6O9P. The highest BCUT2D eigenvalue weighted by Gasteiger charge is 2.54. The molecule has 6 rings (SSSR count). The number of nitrogens with zero attached hydrogens (tertiary/aromatic N) is 3. The highest BCUT2D eigenvalue weighted by molar-refractivity contribution is 7.52. The molecule has 0 spiro atoms. The summed E-state index contributed by atoms with van der Waals surface area (Å²) >= 11 is 0. The van der Waals surface area contributed by atoms with E-state index in [4.69, 9.17) is 24.3 Å². The summed E-state index contributed by atoms with van der Waals surface area (Å²) in [4.78, 5) is 36.2. The molecule has 2 unspecified atom stereocenters. The standard InChI is InChI=1S/C33H37N6O9P/c1-19(2)25(30(42)45-16-20-10-5-4-6-11-20)38-49(44,48-23-15-9-13-21-12-7-8-14-22(21)23)46-17-24-27(40)33(3,43)31(47-24)39-18-35-26-28(39)36-32(34)37-29(26)41/h4-15,18-19,24-25,27,31,40,43H,16-17H2,1-3H3,(H,38,44)(H3,34,36,37,41)/t24-,25+,27-,31?,33-,49?/m1/s1. The zero-order valence-corrected chi connectivity index (χ0v) is 27.8. The van der Waals surface area contributed by atoms with E-state index in [1.54, 1.807) is 38.1 Å². The number of aromatic nitrogens is 4. The summed E-state index contributed by atoms with van der Waals surface area (Å²) in [7, 11) is -4.47. The van der Waals surface area contributed by atoms with Gasteiger partial charge in [-0.25, -0.2) is 9.55 Å². The van der Waals surface area contributed by atoms with Crippen LogP contribution in [0.1, 0.15) is 32.6 Å². The number of aromatic amines is 1. The third-order valence-corrected chi connectivity index (χ3v) is 9.80. The summed E-state index contributed by atoms with van der Waals surface area (Å²) in [5.74, 6) is -1.08. The number of rotatable bonds is 12. The minimum Gasteiger partial charge on any atom is -0.460 e. The molecule has 15 nitrogen and oxygen atoms in total. The van der Waals surface area contributed by atoms with E-state index in [0.29, 0.717) is 5.39 Å². The first-order valence-corrected chi connectivity index (χ1v) is 17.1. The van der Waals surface area contributed by atoms with E-state index in [1.165, 1.54) is 17.8 Å². The van der Waals surface area contributed by atoms with Gasteiger partial charge in [0.25, 0.3) is 5.56 Å². The van der Waals surface area contributed by atoms with Crippen LogP contribution in [0.25, 0.3) is 21.9 Å². The quantitative estimate of drug-likeness (QED) is 0.0938. The predicted molar refractivity (Wildman–Crippen MR) is 179 cm³/mol. The van der Waals surface area contributed by atoms with Crippen LogP contribution in [0.15, 0.2) is 83.9 Å². The van der Waals surface area contributed by atoms with Crippen LogP contribution < -0.4 is 20.9 Å². The van der Waals surface area contributed by atoms with Crippen molar-refractivity contribution in [3.05, 3.63) is 95.0 Å². The van der Waals surface area contributed by atoms with Gasteiger partial charge in [0.05, 0.1) is 12.9 Å². The minimum atomic E-state index is -4.47. The van der Waals surface area contributed by atoms with E-state index < -0.39 is 61.9 Å². The molecule has 0 aliphatic carbocycles. The van der Waals surface area contributed by atoms with Gasteiger partial charge in [-0.15, -0.1) is 0 Å². The van der Waals surface area contributed by atoms with Crippen molar-refractivity contribution in [2.75, 3.05) is 12.3 Å². The molecule has 258 valence electrons. The molecule has 3 heterocycles. The Hall–Kier alpha value is -4.63. The fourth-order valence-electron chi connectivity index (χ4n) is 5.62. The number of anilines is 1. The van der Waals surface area contributed by atoms with Gasteiger partial charge in [-0.3, -0.25) is 23.7 Å². The lowest BCUT2D eigenvalue weighted by atomic mass is 9.96. The first-order chi connectivity index (χ1) is 23.4. The number of esters is 1. The van der Waals surface area contributed by atoms with Gasteiger partial charge in [0.1, 0.15) is 36.2 Å². The second-order valence-electron chi connectivity index (χ2n) is 12.3. The Morgan fingerprint density at radius 1 is 1.14 bits per heavy atom. The predicted octanol–water partition coefficient (Wildman–Crippen LogP) is 3.43. The Balaban J connectivity index is 1.27. The molecule has 1 saturated heterocycles. The highest BCUT2D eigenvalue weighted by Crippen LogP contribution is 2.49. The van der Waals surface area contributed by atoms with Gasteiger partial charge in [0.2, 0.25) is 5.95 Å². The first kappa shape index (κ1) is 34.2. The van der Waals surface area contributed by atoms with Crippen LogP contribution in [-0.4, -0.2) is 66.2 Å². The molecule has 0 saturated carbocycles. The summed E-state index contributed by atoms with van der Waals surface area (Å²) in [5, 5.41) is 26.8. The lowest BCUT2D eigenvalue weighted by Crippen LogP contribution is -2.45. The monoisotopic (exact) mass is 692 g/mol. The lowest BCUT2D eigenvalue weighted by molar-refractivity contribution is -0.148. The molecule has 1 aliphatic rings. The number of imidazole rings is 1. The van der Waals surface area contributed by atoms with Crippen LogP contribution in [0.3, 0.4) is 0 Å². The molecule has 0 amide bonds. The van der Waals surface area contributed by atoms with Crippen molar-refractivity contribution in [2.45, 2.75) is 57.5 Å². The number of aliphatic hydroxyl groups excluding tert-OH is 1. The molecule has 6 N–H and O–H groups in total. The number of H-pyrrole nitrogens is 1. The number of fused-ring (bicyclic) bond motifs is 2. The van der Waals surface area contributed by atoms with Crippen LogP contribution in [0.4, 0.5) is 5.95 Å². The van der Waals surface area contributed by atoms with Crippen molar-refractivity contribution < 1.29 is 38.1 Å². The van der Waals surface area contributed by atoms with Crippen LogP contribution in [-0.2, 0) is 30.0 Å². The number of ether oxygens (including phenoxy) is 2. The number of hydrogen-bond donors (Lipinski definition) is 5. The average Bonchev–Trinajstić information content (AvgIpc) is 3.59. The summed E-state index contributed by atoms with van der Waals surface area (Å²) in [6, 6.07) is 20.5. The third kappa shape index (κ3) is 7.08. The van der Waals surface area contributed by atoms with Crippen LogP contribution in [0, 0.1) is 5.92 Å². The van der Waals surface area contributed by atoms with E-state index in [2.05, 4.69) is 20.0 Å². The molecular weight excluding hydrogens is 655 g/mol. The van der Waals surface area contributed by atoms with Crippen molar-refractivity contribution in [3.8, 4) is 5.75 Å². The third-order valence-electron chi connectivity index (χ3n) is 8.28. The fraction of sp³-hybridized carbons (Fsp3) is 0.333. The van der Waals surface area contributed by atoms with E-state index in [0.717, 1.165) is 10.9 Å². The van der Waals surface area contributed by atoms with Gasteiger partial charge in [-0.1, -0.05) is 80.6 Å². The number of carbonyl (C=O) groups excluding carboxylic acids is 1. The molecule has 6 atom stereocenters. The van der Waals surface area contributed by atoms with Crippen molar-refractivity contribution >= 4 is 41.6 Å². The second kappa shape index (κ2) is 13.7. The lowest BCUT2D eigenvalue weighted by Gasteiger charge is -2.28. The molecule has 49 heavy (non-hydrogen) atoms. The maximum Gasteiger partial charge on any atom is 0.459 e. The van der Waals surface area contributed by atoms with E-state index in [-0.39, 0.29) is 29.5 Å². The number of nitrogens with two attached hydrogens (primary N) is 1. The molecule has 1 fully saturated rings. The molecule has 5 aromatic rings. The Morgan fingerprint density at radius 3 is 2.61 bits per heavy atom. The van der Waals surface area contributed by atoms with Crippen LogP contribution in [0.2, 0.25) is 0 Å². The maximum atomic E-state index is 14.7. The smallest absolute Gasteiger partial charge is 0.459 e. The minimum absolute atomic E-state index is 0.00615. The molecule has 0 bridgehead atoms. The van der Waals surface area contributed by atoms with Crippen LogP contribution >= 0.6 is 7.75 Å². The van der Waals surface area contributed by atoms with Crippen molar-refractivity contribution in [2.24, 2.45) is 5.92 Å². The summed E-state index contributed by atoms with van der Waals surface area (Å²) in [5.41, 5.74) is 3.90. The van der Waals surface area contributed by atoms with Crippen LogP contribution in [0.5, 0.6) is 5.75 Å². The normalized spacial score (nSPS) is 22.7. The Morgan fingerprint density at radius 2 is 1.86 bits per heavy atom. The molecule has 16 heteroatoms. The molecule has 2 aromatic heterocycles. The van der Waals surface area contributed by atoms with Gasteiger partial charge in [-0.2, -0.15) is 10.1 Å². The fourth-order valence-corrected chi connectivity index (χ4v) is 7.31. The van der Waals surface area contributed by atoms with E-state index in [1.807, 2.05) is 48.5 Å². The highest BCUT2D eigenvalue weighted by atomic mass is 31.2. The number of hydrogen-bond acceptors (Lipinski definition) is 12. The summed E-state index contributed by atoms with van der Waals surface area (Å²) in [6.45, 7) is 4.25. The number of carbonyl (C=O) groups is 1. The maximum absolute atomic E-state index is 14.7. The zero-order chi connectivity index (χ0) is 34.9. The summed E-state index contributed by atoms with van der Waals surface area (Å²) < 4.78 is 39.5. The van der Waals surface area contributed by atoms with Gasteiger partial charge in [0, 0.05) is 5.39 Å². The Labute approximate surface area is 280 Å². The largest absolute Gasteiger partial charge is 0.460 e. The van der Waals surface area contributed by atoms with Gasteiger partial charge in [-0.05, 0) is 29.9 Å². The van der Waals surface area contributed by atoms with Gasteiger partial charge >= 0.3 is 13.7 Å². The van der Waals surface area contributed by atoms with E-state index in [9.17, 15) is 24.4 Å². The molecule has 3 aromatic carbocycles. The van der Waals surface area contributed by atoms with E-state index >= 15 is 0 Å². The molecule has 0 radical (unpaired) electrons. The number of aliphatic hydroxyl groups is 2. The van der Waals surface area contributed by atoms with Crippen molar-refractivity contribution in [1.29, 1.82) is 0 Å². The second-order valence-corrected chi connectivity index (χ2v) is 14.0. The SMILES string of the molecule is CC(C)[C@H](NP(=O)(OC[C@H]1OC(n2cnc3c(=O)[nH]c(N)nc32)[C@](C)(O)[C@@H]1O)Oc1cccc2ccccc12)C(=O)OCc1ccccc1. The summed E-state index contributed by atoms with van der Waals surface area (Å²) in [6.07, 6.45) is -2.94. The van der Waals surface area contributed by atoms with Gasteiger partial charge in [0.15, 0.2) is 17.4 Å². The van der Waals surface area contributed by atoms with Crippen molar-refractivity contribution in [1.82, 2.24) is 24.6 Å². The zero-order valence-electron chi connectivity index (χ0n) is 26.9. The number of nitrogens with one attached hydrogen (secondary N) is 2. The topological polar surface area (TPSA) is 213 Å².